The van der Waals surface area contributed by atoms with Gasteiger partial charge in [-0.2, -0.15) is 0 Å². The normalized spacial score (nSPS) is 22.8. The monoisotopic (exact) mass is 320 g/mol. The van der Waals surface area contributed by atoms with E-state index >= 15 is 0 Å². The Bertz CT molecular complexity index is 501. The first-order chi connectivity index (χ1) is 9.54. The number of urea groups is 1. The van der Waals surface area contributed by atoms with Crippen molar-refractivity contribution in [3.05, 3.63) is 0 Å². The van der Waals surface area contributed by atoms with E-state index in [1.807, 2.05) is 0 Å². The second-order valence-electron chi connectivity index (χ2n) is 6.23. The molecule has 0 aromatic rings. The Morgan fingerprint density at radius 1 is 1.24 bits per heavy atom. The zero-order valence-electron chi connectivity index (χ0n) is 12.7. The Morgan fingerprint density at radius 3 is 2.38 bits per heavy atom. The van der Waals surface area contributed by atoms with Crippen LogP contribution < -0.4 is 10.6 Å². The van der Waals surface area contributed by atoms with Gasteiger partial charge in [0.05, 0.1) is 10.7 Å². The summed E-state index contributed by atoms with van der Waals surface area (Å²) in [4.78, 5) is 22.7. The maximum Gasteiger partial charge on any atom is 0.314 e. The molecular formula is C13H24N2O5S. The minimum absolute atomic E-state index is 0.00466. The van der Waals surface area contributed by atoms with Crippen molar-refractivity contribution in [2.45, 2.75) is 37.9 Å². The molecule has 0 aliphatic heterocycles. The maximum atomic E-state index is 11.7. The van der Waals surface area contributed by atoms with Crippen LogP contribution in [0.5, 0.6) is 0 Å². The molecular weight excluding hydrogens is 296 g/mol. The Morgan fingerprint density at radius 2 is 1.86 bits per heavy atom. The molecule has 0 bridgehead atoms. The summed E-state index contributed by atoms with van der Waals surface area (Å²) in [6.07, 6.45) is 3.41. The fourth-order valence-corrected chi connectivity index (χ4v) is 2.65. The lowest BCUT2D eigenvalue weighted by molar-refractivity contribution is -0.142. The first-order valence-electron chi connectivity index (χ1n) is 6.98. The van der Waals surface area contributed by atoms with Crippen LogP contribution in [0.4, 0.5) is 4.79 Å². The van der Waals surface area contributed by atoms with E-state index < -0.39 is 32.5 Å². The van der Waals surface area contributed by atoms with Crippen LogP contribution in [0.3, 0.4) is 0 Å². The van der Waals surface area contributed by atoms with Gasteiger partial charge in [0.1, 0.15) is 0 Å². The molecule has 0 saturated heterocycles. The molecule has 0 radical (unpaired) electrons. The first kappa shape index (κ1) is 17.7. The SMILES string of the molecule is CC(C)(CNC(=O)NCC1CCCC1C(=O)O)S(C)(=O)=O. The number of aliphatic carboxylic acids is 1. The largest absolute Gasteiger partial charge is 0.481 e. The Balaban J connectivity index is 2.40. The molecule has 2 atom stereocenters. The summed E-state index contributed by atoms with van der Waals surface area (Å²) in [7, 11) is -3.27. The quantitative estimate of drug-likeness (QED) is 0.664. The number of rotatable bonds is 6. The van der Waals surface area contributed by atoms with Crippen molar-refractivity contribution >= 4 is 21.8 Å². The molecule has 1 saturated carbocycles. The Kier molecular flexibility index (Phi) is 5.61. The number of nitrogens with one attached hydrogen (secondary N) is 2. The summed E-state index contributed by atoms with van der Waals surface area (Å²) in [6, 6.07) is -0.470. The molecule has 2 amide bonds. The minimum atomic E-state index is -3.27. The number of sulfone groups is 1. The predicted molar refractivity (Wildman–Crippen MR) is 78.8 cm³/mol. The molecule has 1 aliphatic rings. The highest BCUT2D eigenvalue weighted by molar-refractivity contribution is 7.92. The fraction of sp³-hybridized carbons (Fsp3) is 0.846. The molecule has 1 fully saturated rings. The van der Waals surface area contributed by atoms with Crippen molar-refractivity contribution in [1.29, 1.82) is 0 Å². The zero-order valence-corrected chi connectivity index (χ0v) is 13.5. The van der Waals surface area contributed by atoms with Gasteiger partial charge in [0.15, 0.2) is 9.84 Å². The Labute approximate surface area is 125 Å². The van der Waals surface area contributed by atoms with Crippen LogP contribution in [0.15, 0.2) is 0 Å². The van der Waals surface area contributed by atoms with Gasteiger partial charge in [0, 0.05) is 19.3 Å². The highest BCUT2D eigenvalue weighted by Gasteiger charge is 2.33. The van der Waals surface area contributed by atoms with Crippen LogP contribution >= 0.6 is 0 Å². The number of carboxylic acid groups (broad SMARTS) is 1. The van der Waals surface area contributed by atoms with Gasteiger partial charge in [-0.25, -0.2) is 13.2 Å². The third kappa shape index (κ3) is 4.87. The van der Waals surface area contributed by atoms with E-state index in [9.17, 15) is 18.0 Å². The van der Waals surface area contributed by atoms with Crippen molar-refractivity contribution in [2.24, 2.45) is 11.8 Å². The lowest BCUT2D eigenvalue weighted by Crippen LogP contribution is -2.48. The lowest BCUT2D eigenvalue weighted by Gasteiger charge is -2.23. The van der Waals surface area contributed by atoms with Crippen molar-refractivity contribution in [3.8, 4) is 0 Å². The van der Waals surface area contributed by atoms with Gasteiger partial charge in [-0.05, 0) is 32.6 Å². The molecule has 0 heterocycles. The van der Waals surface area contributed by atoms with E-state index in [2.05, 4.69) is 10.6 Å². The van der Waals surface area contributed by atoms with Gasteiger partial charge in [-0.15, -0.1) is 0 Å². The van der Waals surface area contributed by atoms with Crippen LogP contribution in [0, 0.1) is 11.8 Å². The number of carbonyl (C=O) groups excluding carboxylic acids is 1. The van der Waals surface area contributed by atoms with Gasteiger partial charge < -0.3 is 15.7 Å². The zero-order chi connectivity index (χ0) is 16.3. The number of carboxylic acids is 1. The molecule has 1 aliphatic carbocycles. The molecule has 0 spiro atoms. The van der Waals surface area contributed by atoms with Gasteiger partial charge in [-0.3, -0.25) is 4.79 Å². The molecule has 0 aromatic heterocycles. The third-order valence-corrected chi connectivity index (χ3v) is 6.33. The summed E-state index contributed by atoms with van der Waals surface area (Å²) < 4.78 is 22.0. The number of hydrogen-bond donors (Lipinski definition) is 3. The summed E-state index contributed by atoms with van der Waals surface area (Å²) >= 11 is 0. The van der Waals surface area contributed by atoms with Crippen LogP contribution in [0.25, 0.3) is 0 Å². The number of carbonyl (C=O) groups is 2. The van der Waals surface area contributed by atoms with Gasteiger partial charge >= 0.3 is 12.0 Å². The lowest BCUT2D eigenvalue weighted by atomic mass is 9.96. The smallest absolute Gasteiger partial charge is 0.314 e. The van der Waals surface area contributed by atoms with Crippen molar-refractivity contribution in [3.63, 3.8) is 0 Å². The molecule has 0 aromatic carbocycles. The van der Waals surface area contributed by atoms with Crippen LogP contribution in [-0.2, 0) is 14.6 Å². The summed E-state index contributed by atoms with van der Waals surface area (Å²) in [6.45, 7) is 3.38. The van der Waals surface area contributed by atoms with Gasteiger partial charge in [0.2, 0.25) is 0 Å². The Hall–Kier alpha value is -1.31. The number of hydrogen-bond acceptors (Lipinski definition) is 4. The van der Waals surface area contributed by atoms with E-state index in [-0.39, 0.29) is 12.5 Å². The summed E-state index contributed by atoms with van der Waals surface area (Å²) in [5.41, 5.74) is 0. The molecule has 7 nitrogen and oxygen atoms in total. The minimum Gasteiger partial charge on any atom is -0.481 e. The average Bonchev–Trinajstić information content (AvgIpc) is 2.81. The highest BCUT2D eigenvalue weighted by Crippen LogP contribution is 2.31. The second-order valence-corrected chi connectivity index (χ2v) is 8.88. The van der Waals surface area contributed by atoms with E-state index in [1.165, 1.54) is 0 Å². The molecule has 21 heavy (non-hydrogen) atoms. The molecule has 2 unspecified atom stereocenters. The van der Waals surface area contributed by atoms with Gasteiger partial charge in [0.25, 0.3) is 0 Å². The summed E-state index contributed by atoms with van der Waals surface area (Å²) in [5, 5.41) is 14.2. The number of amides is 2. The van der Waals surface area contributed by atoms with Crippen LogP contribution in [0.2, 0.25) is 0 Å². The highest BCUT2D eigenvalue weighted by atomic mass is 32.2. The van der Waals surface area contributed by atoms with E-state index in [0.717, 1.165) is 19.1 Å². The van der Waals surface area contributed by atoms with Crippen LogP contribution in [-0.4, -0.2) is 49.6 Å². The van der Waals surface area contributed by atoms with Crippen molar-refractivity contribution < 1.29 is 23.1 Å². The van der Waals surface area contributed by atoms with Gasteiger partial charge in [-0.1, -0.05) is 6.42 Å². The van der Waals surface area contributed by atoms with E-state index in [0.29, 0.717) is 13.0 Å². The topological polar surface area (TPSA) is 113 Å². The van der Waals surface area contributed by atoms with Crippen LogP contribution in [0.1, 0.15) is 33.1 Å². The first-order valence-corrected chi connectivity index (χ1v) is 8.88. The third-order valence-electron chi connectivity index (χ3n) is 4.18. The standard InChI is InChI=1S/C13H24N2O5S/c1-13(2,21(3,19)20)8-15-12(18)14-7-9-5-4-6-10(9)11(16)17/h9-10H,4-8H2,1-3H3,(H,16,17)(H2,14,15,18). The molecule has 1 rings (SSSR count). The maximum absolute atomic E-state index is 11.7. The molecule has 3 N–H and O–H groups in total. The summed E-state index contributed by atoms with van der Waals surface area (Å²) in [5.74, 6) is -1.29. The predicted octanol–water partition coefficient (Wildman–Crippen LogP) is 0.610. The van der Waals surface area contributed by atoms with E-state index in [1.54, 1.807) is 13.8 Å². The molecule has 8 heteroatoms. The average molecular weight is 320 g/mol. The molecule has 122 valence electrons. The van der Waals surface area contributed by atoms with Crippen molar-refractivity contribution in [2.75, 3.05) is 19.3 Å². The second kappa shape index (κ2) is 6.64. The fourth-order valence-electron chi connectivity index (χ4n) is 2.32. The van der Waals surface area contributed by atoms with E-state index in [4.69, 9.17) is 5.11 Å². The van der Waals surface area contributed by atoms with Crippen molar-refractivity contribution in [1.82, 2.24) is 10.6 Å².